The zero-order valence-electron chi connectivity index (χ0n) is 12.0. The summed E-state index contributed by atoms with van der Waals surface area (Å²) >= 11 is 0. The first-order chi connectivity index (χ1) is 9.67. The van der Waals surface area contributed by atoms with Crippen molar-refractivity contribution in [1.82, 2.24) is 15.3 Å². The fourth-order valence-electron chi connectivity index (χ4n) is 1.58. The molecule has 2 aromatic rings. The molecule has 1 heterocycles. The van der Waals surface area contributed by atoms with Crippen molar-refractivity contribution in [3.8, 4) is 17.4 Å². The molecule has 0 bridgehead atoms. The van der Waals surface area contributed by atoms with Crippen LogP contribution in [-0.2, 0) is 6.54 Å². The van der Waals surface area contributed by atoms with Crippen molar-refractivity contribution in [2.24, 2.45) is 0 Å². The van der Waals surface area contributed by atoms with Crippen LogP contribution in [0.4, 0.5) is 0 Å². The molecule has 20 heavy (non-hydrogen) atoms. The van der Waals surface area contributed by atoms with E-state index in [4.69, 9.17) is 9.47 Å². The van der Waals surface area contributed by atoms with Crippen molar-refractivity contribution >= 4 is 0 Å². The Morgan fingerprint density at radius 2 is 1.95 bits per heavy atom. The summed E-state index contributed by atoms with van der Waals surface area (Å²) in [4.78, 5) is 8.55. The van der Waals surface area contributed by atoms with Crippen LogP contribution in [0.15, 0.2) is 36.7 Å². The molecule has 5 nitrogen and oxygen atoms in total. The van der Waals surface area contributed by atoms with Gasteiger partial charge in [-0.25, -0.2) is 4.98 Å². The molecule has 0 aliphatic carbocycles. The second-order valence-electron chi connectivity index (χ2n) is 4.66. The largest absolute Gasteiger partial charge is 0.497 e. The van der Waals surface area contributed by atoms with Crippen LogP contribution >= 0.6 is 0 Å². The average molecular weight is 273 g/mol. The van der Waals surface area contributed by atoms with Crippen LogP contribution in [0.3, 0.4) is 0 Å². The van der Waals surface area contributed by atoms with Gasteiger partial charge in [0.15, 0.2) is 0 Å². The van der Waals surface area contributed by atoms with Crippen LogP contribution in [0.5, 0.6) is 17.4 Å². The molecule has 0 saturated carbocycles. The highest BCUT2D eigenvalue weighted by Gasteiger charge is 2.02. The second-order valence-corrected chi connectivity index (χ2v) is 4.66. The molecule has 0 atom stereocenters. The fourth-order valence-corrected chi connectivity index (χ4v) is 1.58. The molecule has 106 valence electrons. The Balaban J connectivity index is 1.99. The zero-order valence-corrected chi connectivity index (χ0v) is 12.0. The Morgan fingerprint density at radius 1 is 1.15 bits per heavy atom. The number of rotatable bonds is 6. The summed E-state index contributed by atoms with van der Waals surface area (Å²) in [6.45, 7) is 4.88. The van der Waals surface area contributed by atoms with Crippen molar-refractivity contribution < 1.29 is 9.47 Å². The van der Waals surface area contributed by atoms with E-state index in [1.807, 2.05) is 18.2 Å². The number of hydrogen-bond acceptors (Lipinski definition) is 5. The number of nitrogens with zero attached hydrogens (tertiary/aromatic N) is 2. The van der Waals surface area contributed by atoms with E-state index in [-0.39, 0.29) is 0 Å². The molecule has 5 heteroatoms. The van der Waals surface area contributed by atoms with E-state index in [0.717, 1.165) is 11.4 Å². The molecule has 0 amide bonds. The number of methoxy groups -OCH3 is 1. The van der Waals surface area contributed by atoms with E-state index in [2.05, 4.69) is 29.1 Å². The Labute approximate surface area is 119 Å². The van der Waals surface area contributed by atoms with Gasteiger partial charge in [0.1, 0.15) is 11.5 Å². The average Bonchev–Trinajstić information content (AvgIpc) is 2.47. The zero-order chi connectivity index (χ0) is 14.4. The van der Waals surface area contributed by atoms with Crippen LogP contribution in [0, 0.1) is 0 Å². The van der Waals surface area contributed by atoms with Gasteiger partial charge in [-0.15, -0.1) is 0 Å². The first-order valence-corrected chi connectivity index (χ1v) is 6.53. The van der Waals surface area contributed by atoms with Gasteiger partial charge in [-0.1, -0.05) is 19.9 Å². The Kier molecular flexibility index (Phi) is 4.90. The van der Waals surface area contributed by atoms with Gasteiger partial charge in [-0.3, -0.25) is 4.98 Å². The second kappa shape index (κ2) is 6.86. The van der Waals surface area contributed by atoms with E-state index < -0.39 is 0 Å². The topological polar surface area (TPSA) is 56.3 Å². The molecule has 1 aromatic heterocycles. The number of nitrogens with one attached hydrogen (secondary N) is 1. The predicted octanol–water partition coefficient (Wildman–Crippen LogP) is 2.78. The van der Waals surface area contributed by atoms with E-state index >= 15 is 0 Å². The normalized spacial score (nSPS) is 10.6. The fraction of sp³-hybridized carbons (Fsp3) is 0.333. The van der Waals surface area contributed by atoms with Gasteiger partial charge in [0.05, 0.1) is 25.2 Å². The van der Waals surface area contributed by atoms with Crippen molar-refractivity contribution in [1.29, 1.82) is 0 Å². The van der Waals surface area contributed by atoms with E-state index in [9.17, 15) is 0 Å². The molecule has 0 unspecified atom stereocenters. The van der Waals surface area contributed by atoms with Crippen molar-refractivity contribution in [2.75, 3.05) is 7.11 Å². The Morgan fingerprint density at radius 3 is 2.60 bits per heavy atom. The molecule has 0 aliphatic rings. The molecule has 0 spiro atoms. The highest BCUT2D eigenvalue weighted by atomic mass is 16.5. The van der Waals surface area contributed by atoms with Crippen LogP contribution in [0.25, 0.3) is 0 Å². The maximum absolute atomic E-state index is 5.63. The summed E-state index contributed by atoms with van der Waals surface area (Å²) in [5, 5.41) is 3.29. The minimum atomic E-state index is 0.421. The lowest BCUT2D eigenvalue weighted by Crippen LogP contribution is -2.22. The smallest absolute Gasteiger partial charge is 0.237 e. The third-order valence-electron chi connectivity index (χ3n) is 2.64. The number of ether oxygens (including phenoxy) is 2. The van der Waals surface area contributed by atoms with Gasteiger partial charge in [0.2, 0.25) is 5.88 Å². The van der Waals surface area contributed by atoms with E-state index in [0.29, 0.717) is 24.2 Å². The third-order valence-corrected chi connectivity index (χ3v) is 2.64. The van der Waals surface area contributed by atoms with Gasteiger partial charge in [-0.2, -0.15) is 0 Å². The lowest BCUT2D eigenvalue weighted by molar-refractivity contribution is 0.407. The first-order valence-electron chi connectivity index (χ1n) is 6.53. The molecule has 1 N–H and O–H groups in total. The summed E-state index contributed by atoms with van der Waals surface area (Å²) in [5.41, 5.74) is 0.886. The molecule has 0 saturated heterocycles. The maximum Gasteiger partial charge on any atom is 0.237 e. The van der Waals surface area contributed by atoms with Gasteiger partial charge in [0.25, 0.3) is 0 Å². The minimum absolute atomic E-state index is 0.421. The van der Waals surface area contributed by atoms with E-state index in [1.165, 1.54) is 0 Å². The summed E-state index contributed by atoms with van der Waals surface area (Å²) in [6.07, 6.45) is 3.34. The monoisotopic (exact) mass is 273 g/mol. The first kappa shape index (κ1) is 14.3. The SMILES string of the molecule is COc1cccc(Oc2cnc(CNC(C)C)cn2)c1. The summed E-state index contributed by atoms with van der Waals surface area (Å²) in [7, 11) is 1.62. The standard InChI is InChI=1S/C15H19N3O2/c1-11(2)16-8-12-9-18-15(10-17-12)20-14-6-4-5-13(7-14)19-3/h4-7,9-11,16H,8H2,1-3H3. The van der Waals surface area contributed by atoms with Gasteiger partial charge >= 0.3 is 0 Å². The van der Waals surface area contributed by atoms with Gasteiger partial charge < -0.3 is 14.8 Å². The lowest BCUT2D eigenvalue weighted by atomic mass is 10.3. The maximum atomic E-state index is 5.63. The van der Waals surface area contributed by atoms with Crippen molar-refractivity contribution in [2.45, 2.75) is 26.4 Å². The molecule has 0 fully saturated rings. The van der Waals surface area contributed by atoms with Crippen molar-refractivity contribution in [3.63, 3.8) is 0 Å². The quantitative estimate of drug-likeness (QED) is 0.877. The molecule has 0 radical (unpaired) electrons. The van der Waals surface area contributed by atoms with Crippen LogP contribution in [0.2, 0.25) is 0 Å². The molecular weight excluding hydrogens is 254 g/mol. The Bertz CT molecular complexity index is 541. The van der Waals surface area contributed by atoms with Crippen LogP contribution in [0.1, 0.15) is 19.5 Å². The van der Waals surface area contributed by atoms with Crippen molar-refractivity contribution in [3.05, 3.63) is 42.4 Å². The van der Waals surface area contributed by atoms with Gasteiger partial charge in [-0.05, 0) is 12.1 Å². The molecule has 0 aliphatic heterocycles. The summed E-state index contributed by atoms with van der Waals surface area (Å²) in [5.74, 6) is 1.88. The Hall–Kier alpha value is -2.14. The highest BCUT2D eigenvalue weighted by Crippen LogP contribution is 2.23. The summed E-state index contributed by atoms with van der Waals surface area (Å²) < 4.78 is 10.8. The molecule has 2 rings (SSSR count). The van der Waals surface area contributed by atoms with Crippen LogP contribution in [-0.4, -0.2) is 23.1 Å². The number of hydrogen-bond donors (Lipinski definition) is 1. The molecular formula is C15H19N3O2. The van der Waals surface area contributed by atoms with E-state index in [1.54, 1.807) is 25.6 Å². The van der Waals surface area contributed by atoms with Crippen LogP contribution < -0.4 is 14.8 Å². The number of aromatic nitrogens is 2. The predicted molar refractivity (Wildman–Crippen MR) is 77.1 cm³/mol. The highest BCUT2D eigenvalue weighted by molar-refractivity contribution is 5.34. The lowest BCUT2D eigenvalue weighted by Gasteiger charge is -2.08. The number of benzene rings is 1. The molecule has 1 aromatic carbocycles. The summed E-state index contributed by atoms with van der Waals surface area (Å²) in [6, 6.07) is 7.79. The minimum Gasteiger partial charge on any atom is -0.497 e. The third kappa shape index (κ3) is 4.20. The van der Waals surface area contributed by atoms with Gasteiger partial charge in [0, 0.05) is 18.7 Å².